The predicted molar refractivity (Wildman–Crippen MR) is 136 cm³/mol. The van der Waals surface area contributed by atoms with Gasteiger partial charge in [-0.05, 0) is 82.6 Å². The molecule has 2 aliphatic carbocycles. The van der Waals surface area contributed by atoms with E-state index in [0.717, 1.165) is 24.2 Å². The lowest BCUT2D eigenvalue weighted by Gasteiger charge is -2.14. The van der Waals surface area contributed by atoms with Gasteiger partial charge in [0.05, 0.1) is 11.2 Å². The third-order valence-electron chi connectivity index (χ3n) is 8.00. The number of benzene rings is 4. The highest BCUT2D eigenvalue weighted by Crippen LogP contribution is 2.50. The number of fused-ring (bicyclic) bond motifs is 14. The molecule has 6 aromatic rings. The molecule has 0 N–H and O–H groups in total. The summed E-state index contributed by atoms with van der Waals surface area (Å²) in [4.78, 5) is 4.96. The van der Waals surface area contributed by atoms with Crippen molar-refractivity contribution in [2.75, 3.05) is 0 Å². The topological polar surface area (TPSA) is 17.3 Å². The van der Waals surface area contributed by atoms with E-state index in [0.29, 0.717) is 0 Å². The monoisotopic (exact) mass is 422 g/mol. The van der Waals surface area contributed by atoms with Crippen LogP contribution in [0.1, 0.15) is 33.6 Å². The summed E-state index contributed by atoms with van der Waals surface area (Å²) in [5, 5.41) is 3.89. The molecule has 0 spiro atoms. The van der Waals surface area contributed by atoms with E-state index in [9.17, 15) is 0 Å². The molecule has 0 aliphatic heterocycles. The summed E-state index contributed by atoms with van der Waals surface area (Å²) in [7, 11) is 0. The fourth-order valence-electron chi connectivity index (χ4n) is 6.44. The average molecular weight is 423 g/mol. The maximum atomic E-state index is 4.96. The van der Waals surface area contributed by atoms with E-state index in [1.807, 2.05) is 0 Å². The van der Waals surface area contributed by atoms with Crippen molar-refractivity contribution in [3.05, 3.63) is 106 Å². The number of aryl methyl sites for hydroxylation is 2. The van der Waals surface area contributed by atoms with Crippen molar-refractivity contribution < 1.29 is 0 Å². The number of hydrogen-bond acceptors (Lipinski definition) is 1. The van der Waals surface area contributed by atoms with Crippen LogP contribution in [0.25, 0.3) is 49.6 Å². The van der Waals surface area contributed by atoms with Gasteiger partial charge in [0.2, 0.25) is 0 Å². The Labute approximate surface area is 192 Å². The van der Waals surface area contributed by atoms with Gasteiger partial charge < -0.3 is 0 Å². The molecule has 0 bridgehead atoms. The molecule has 0 fully saturated rings. The molecule has 0 amide bonds. The van der Waals surface area contributed by atoms with Gasteiger partial charge in [-0.25, -0.2) is 4.98 Å². The number of hydrogen-bond donors (Lipinski definition) is 0. The van der Waals surface area contributed by atoms with Crippen molar-refractivity contribution in [2.24, 2.45) is 0 Å². The normalized spacial score (nSPS) is 13.5. The van der Waals surface area contributed by atoms with Crippen molar-refractivity contribution in [3.63, 3.8) is 0 Å². The highest BCUT2D eigenvalue weighted by atomic mass is 15.0. The fourth-order valence-corrected chi connectivity index (χ4v) is 6.44. The second kappa shape index (κ2) is 5.90. The largest absolute Gasteiger partial charge is 0.296 e. The van der Waals surface area contributed by atoms with E-state index < -0.39 is 0 Å². The van der Waals surface area contributed by atoms with Crippen molar-refractivity contribution in [1.82, 2.24) is 9.38 Å². The van der Waals surface area contributed by atoms with Gasteiger partial charge in [0, 0.05) is 16.5 Å². The molecule has 2 aromatic heterocycles. The first-order valence-electron chi connectivity index (χ1n) is 11.8. The van der Waals surface area contributed by atoms with Gasteiger partial charge in [-0.1, -0.05) is 66.7 Å². The molecule has 156 valence electrons. The summed E-state index contributed by atoms with van der Waals surface area (Å²) in [5.41, 5.74) is 16.2. The molecule has 8 rings (SSSR count). The molecule has 2 heterocycles. The van der Waals surface area contributed by atoms with Gasteiger partial charge >= 0.3 is 0 Å². The summed E-state index contributed by atoms with van der Waals surface area (Å²) >= 11 is 0. The first-order valence-corrected chi connectivity index (χ1v) is 11.8. The zero-order chi connectivity index (χ0) is 21.8. The Hall–Kier alpha value is -3.91. The number of pyridine rings is 1. The molecule has 0 unspecified atom stereocenters. The Balaban J connectivity index is 1.56. The average Bonchev–Trinajstić information content (AvgIpc) is 3.50. The highest BCUT2D eigenvalue weighted by Gasteiger charge is 2.30. The van der Waals surface area contributed by atoms with Gasteiger partial charge in [0.25, 0.3) is 0 Å². The molecule has 4 aromatic carbocycles. The van der Waals surface area contributed by atoms with E-state index >= 15 is 0 Å². The van der Waals surface area contributed by atoms with Crippen LogP contribution in [0.5, 0.6) is 0 Å². The smallest absolute Gasteiger partial charge is 0.145 e. The molecule has 0 saturated carbocycles. The minimum absolute atomic E-state index is 1.01. The summed E-state index contributed by atoms with van der Waals surface area (Å²) in [5.74, 6) is 0. The summed E-state index contributed by atoms with van der Waals surface area (Å²) in [6, 6.07) is 27.2. The number of nitrogens with zero attached hydrogens (tertiary/aromatic N) is 2. The van der Waals surface area contributed by atoms with E-state index in [4.69, 9.17) is 4.98 Å². The minimum Gasteiger partial charge on any atom is -0.296 e. The first kappa shape index (κ1) is 17.6. The fraction of sp³-hybridized carbons (Fsp3) is 0.129. The lowest BCUT2D eigenvalue weighted by Crippen LogP contribution is -1.95. The Morgan fingerprint density at radius 2 is 1.42 bits per heavy atom. The van der Waals surface area contributed by atoms with E-state index in [2.05, 4.69) is 91.0 Å². The van der Waals surface area contributed by atoms with Crippen LogP contribution in [0.15, 0.2) is 72.8 Å². The van der Waals surface area contributed by atoms with E-state index in [1.165, 1.54) is 71.9 Å². The Morgan fingerprint density at radius 1 is 0.667 bits per heavy atom. The van der Waals surface area contributed by atoms with Gasteiger partial charge in [0.1, 0.15) is 5.65 Å². The minimum atomic E-state index is 1.01. The number of imidazole rings is 1. The number of rotatable bonds is 0. The summed E-state index contributed by atoms with van der Waals surface area (Å²) in [6.45, 7) is 4.31. The molecular formula is C31H22N2. The number of aromatic nitrogens is 2. The highest BCUT2D eigenvalue weighted by molar-refractivity contribution is 6.19. The SMILES string of the molecule is Cc1nc2c3ccccc3c3c4c(ccc3n2c1C)Cc1c-4ccc2c1-c1ccccc1C2. The van der Waals surface area contributed by atoms with Gasteiger partial charge in [0.15, 0.2) is 0 Å². The molecule has 2 aliphatic rings. The summed E-state index contributed by atoms with van der Waals surface area (Å²) < 4.78 is 2.37. The Kier molecular flexibility index (Phi) is 3.15. The lowest BCUT2D eigenvalue weighted by atomic mass is 9.93. The molecule has 0 atom stereocenters. The zero-order valence-electron chi connectivity index (χ0n) is 18.7. The predicted octanol–water partition coefficient (Wildman–Crippen LogP) is 7.40. The van der Waals surface area contributed by atoms with Crippen LogP contribution in [-0.2, 0) is 12.8 Å². The van der Waals surface area contributed by atoms with Crippen LogP contribution in [0.4, 0.5) is 0 Å². The first-order chi connectivity index (χ1) is 16.2. The zero-order valence-corrected chi connectivity index (χ0v) is 18.7. The maximum absolute atomic E-state index is 4.96. The van der Waals surface area contributed by atoms with Crippen LogP contribution >= 0.6 is 0 Å². The van der Waals surface area contributed by atoms with Crippen molar-refractivity contribution in [2.45, 2.75) is 26.7 Å². The van der Waals surface area contributed by atoms with Crippen molar-refractivity contribution in [1.29, 1.82) is 0 Å². The van der Waals surface area contributed by atoms with Crippen LogP contribution in [-0.4, -0.2) is 9.38 Å². The lowest BCUT2D eigenvalue weighted by molar-refractivity contribution is 1.14. The molecule has 33 heavy (non-hydrogen) atoms. The molecule has 0 saturated heterocycles. The van der Waals surface area contributed by atoms with Crippen molar-refractivity contribution in [3.8, 4) is 22.3 Å². The third-order valence-corrected chi connectivity index (χ3v) is 8.00. The van der Waals surface area contributed by atoms with E-state index in [1.54, 1.807) is 0 Å². The van der Waals surface area contributed by atoms with Crippen LogP contribution in [0.3, 0.4) is 0 Å². The van der Waals surface area contributed by atoms with Gasteiger partial charge in [-0.15, -0.1) is 0 Å². The van der Waals surface area contributed by atoms with Crippen molar-refractivity contribution >= 4 is 27.3 Å². The Morgan fingerprint density at radius 3 is 2.33 bits per heavy atom. The summed E-state index contributed by atoms with van der Waals surface area (Å²) in [6.07, 6.45) is 2.05. The third kappa shape index (κ3) is 2.07. The molecule has 2 nitrogen and oxygen atoms in total. The van der Waals surface area contributed by atoms with Crippen LogP contribution in [0, 0.1) is 13.8 Å². The van der Waals surface area contributed by atoms with Crippen LogP contribution in [0.2, 0.25) is 0 Å². The maximum Gasteiger partial charge on any atom is 0.145 e. The standard InChI is InChI=1S/C31H22N2/c1-17-18(2)33-27-14-12-21-16-26-24(13-11-20-15-19-7-3-4-8-22(19)28(20)26)29(21)30(27)23-9-5-6-10-25(23)31(33)32-17/h3-14H,15-16H2,1-2H3. The quantitative estimate of drug-likeness (QED) is 0.233. The second-order valence-corrected chi connectivity index (χ2v) is 9.62. The van der Waals surface area contributed by atoms with E-state index in [-0.39, 0.29) is 0 Å². The molecule has 2 heteroatoms. The second-order valence-electron chi connectivity index (χ2n) is 9.62. The molecule has 0 radical (unpaired) electrons. The van der Waals surface area contributed by atoms with Gasteiger partial charge in [-0.2, -0.15) is 0 Å². The van der Waals surface area contributed by atoms with Gasteiger partial charge in [-0.3, -0.25) is 4.40 Å². The Bertz CT molecular complexity index is 1830. The molecular weight excluding hydrogens is 400 g/mol. The van der Waals surface area contributed by atoms with Crippen LogP contribution < -0.4 is 0 Å².